The van der Waals surface area contributed by atoms with Gasteiger partial charge in [-0.3, -0.25) is 0 Å². The van der Waals surface area contributed by atoms with Gasteiger partial charge >= 0.3 is 0 Å². The lowest BCUT2D eigenvalue weighted by atomic mass is 9.92. The van der Waals surface area contributed by atoms with Crippen LogP contribution < -0.4 is 10.3 Å². The van der Waals surface area contributed by atoms with Crippen molar-refractivity contribution >= 4 is 20.0 Å². The molecule has 4 N–H and O–H groups in total. The maximum atomic E-state index is 12.1. The Morgan fingerprint density at radius 3 is 1.81 bits per heavy atom. The Morgan fingerprint density at radius 2 is 1.38 bits per heavy atom. The summed E-state index contributed by atoms with van der Waals surface area (Å²) in [5, 5.41) is 9.60. The first-order chi connectivity index (χ1) is 12.1. The van der Waals surface area contributed by atoms with Gasteiger partial charge in [-0.2, -0.15) is 0 Å². The molecule has 0 saturated heterocycles. The molecule has 26 heavy (non-hydrogen) atoms. The Bertz CT molecular complexity index is 722. The molecule has 0 amide bonds. The van der Waals surface area contributed by atoms with Gasteiger partial charge in [0.15, 0.2) is 0 Å². The van der Waals surface area contributed by atoms with Gasteiger partial charge in [-0.05, 0) is 75.5 Å². The lowest BCUT2D eigenvalue weighted by Gasteiger charge is -2.24. The van der Waals surface area contributed by atoms with E-state index in [-0.39, 0.29) is 11.8 Å². The van der Waals surface area contributed by atoms with Crippen LogP contribution >= 0.6 is 0 Å². The van der Waals surface area contributed by atoms with Crippen LogP contribution in [0.25, 0.3) is 0 Å². The highest BCUT2D eigenvalue weighted by Crippen LogP contribution is 2.43. The van der Waals surface area contributed by atoms with Gasteiger partial charge in [0.25, 0.3) is 0 Å². The van der Waals surface area contributed by atoms with Gasteiger partial charge in [0.2, 0.25) is 20.0 Å². The zero-order chi connectivity index (χ0) is 19.5. The largest absolute Gasteiger partial charge is 0.228 e. The van der Waals surface area contributed by atoms with E-state index in [0.717, 1.165) is 25.7 Å². The van der Waals surface area contributed by atoms with E-state index in [2.05, 4.69) is 6.58 Å². The van der Waals surface area contributed by atoms with Crippen molar-refractivity contribution in [3.63, 3.8) is 0 Å². The van der Waals surface area contributed by atoms with Crippen LogP contribution in [-0.2, 0) is 20.0 Å². The number of primary sulfonamides is 2. The number of allylic oxidation sites excluding steroid dienone is 3. The Labute approximate surface area is 158 Å². The SMILES string of the molecule is C=CC[C@@H](C1CC1)C(C/C=C\C[C@H](C1CC1)[C@@H](C)S(N)(=O)=O)S(N)(=O)=O. The molecule has 0 aliphatic heterocycles. The number of nitrogens with two attached hydrogens (primary N) is 2. The second kappa shape index (κ2) is 8.54. The molecule has 0 bridgehead atoms. The fourth-order valence-corrected chi connectivity index (χ4v) is 5.96. The molecule has 0 heterocycles. The van der Waals surface area contributed by atoms with E-state index < -0.39 is 30.5 Å². The van der Waals surface area contributed by atoms with Gasteiger partial charge in [-0.15, -0.1) is 6.58 Å². The summed E-state index contributed by atoms with van der Waals surface area (Å²) in [5.74, 6) is 0.796. The fraction of sp³-hybridized carbons (Fsp3) is 0.778. The Balaban J connectivity index is 2.01. The van der Waals surface area contributed by atoms with E-state index in [9.17, 15) is 16.8 Å². The molecule has 2 aliphatic rings. The lowest BCUT2D eigenvalue weighted by Crippen LogP contribution is -2.36. The van der Waals surface area contributed by atoms with Crippen LogP contribution in [0.4, 0.5) is 0 Å². The number of hydrogen-bond acceptors (Lipinski definition) is 4. The van der Waals surface area contributed by atoms with Crippen LogP contribution in [0.5, 0.6) is 0 Å². The fourth-order valence-electron chi connectivity index (χ4n) is 3.94. The van der Waals surface area contributed by atoms with E-state index in [1.165, 1.54) is 0 Å². The van der Waals surface area contributed by atoms with E-state index in [1.54, 1.807) is 13.0 Å². The van der Waals surface area contributed by atoms with Gasteiger partial charge in [0, 0.05) is 0 Å². The second-order valence-corrected chi connectivity index (χ2v) is 11.6. The summed E-state index contributed by atoms with van der Waals surface area (Å²) in [4.78, 5) is 0. The van der Waals surface area contributed by atoms with Crippen LogP contribution in [0, 0.1) is 23.7 Å². The highest BCUT2D eigenvalue weighted by atomic mass is 32.2. The van der Waals surface area contributed by atoms with Crippen molar-refractivity contribution < 1.29 is 16.8 Å². The standard InChI is InChI=1S/C18H32N2O4S2/c1-3-6-17(15-11-12-15)18(26(20,23)24)8-5-4-7-16(14-9-10-14)13(2)25(19,21)22/h3-5,13-18H,1,6-12H2,2H3,(H2,19,21,22)(H2,20,23,24)/b5-4-/t13-,16+,17+,18?/m1/s1. The Kier molecular flexibility index (Phi) is 7.10. The predicted molar refractivity (Wildman–Crippen MR) is 105 cm³/mol. The van der Waals surface area contributed by atoms with Gasteiger partial charge in [0.1, 0.15) is 0 Å². The summed E-state index contributed by atoms with van der Waals surface area (Å²) < 4.78 is 47.5. The first kappa shape index (κ1) is 21.6. The van der Waals surface area contributed by atoms with E-state index in [4.69, 9.17) is 10.3 Å². The van der Waals surface area contributed by atoms with Crippen molar-refractivity contribution in [2.45, 2.75) is 62.4 Å². The molecular formula is C18H32N2O4S2. The lowest BCUT2D eigenvalue weighted by molar-refractivity contribution is 0.426. The van der Waals surface area contributed by atoms with Crippen molar-refractivity contribution in [2.24, 2.45) is 33.9 Å². The first-order valence-electron chi connectivity index (χ1n) is 9.34. The minimum atomic E-state index is -3.65. The molecule has 2 rings (SSSR count). The molecule has 0 radical (unpaired) electrons. The minimum absolute atomic E-state index is 0.00900. The molecule has 4 atom stereocenters. The highest BCUT2D eigenvalue weighted by Gasteiger charge is 2.40. The molecule has 2 saturated carbocycles. The summed E-state index contributed by atoms with van der Waals surface area (Å²) in [5.41, 5.74) is 0. The molecular weight excluding hydrogens is 372 g/mol. The van der Waals surface area contributed by atoms with E-state index in [0.29, 0.717) is 31.1 Å². The molecule has 0 aromatic heterocycles. The van der Waals surface area contributed by atoms with Crippen LogP contribution in [0.3, 0.4) is 0 Å². The second-order valence-electron chi connectivity index (χ2n) is 7.89. The minimum Gasteiger partial charge on any atom is -0.228 e. The molecule has 6 nitrogen and oxygen atoms in total. The Hall–Kier alpha value is -0.700. The number of sulfonamides is 2. The van der Waals surface area contributed by atoms with E-state index >= 15 is 0 Å². The zero-order valence-corrected chi connectivity index (χ0v) is 17.1. The third kappa shape index (κ3) is 6.18. The van der Waals surface area contributed by atoms with Gasteiger partial charge < -0.3 is 0 Å². The molecule has 1 unspecified atom stereocenters. The topological polar surface area (TPSA) is 120 Å². The third-order valence-corrected chi connectivity index (χ3v) is 8.63. The summed E-state index contributed by atoms with van der Waals surface area (Å²) in [6.07, 6.45) is 11.3. The molecule has 150 valence electrons. The highest BCUT2D eigenvalue weighted by molar-refractivity contribution is 7.90. The number of rotatable bonds is 12. The summed E-state index contributed by atoms with van der Waals surface area (Å²) >= 11 is 0. The van der Waals surface area contributed by atoms with E-state index in [1.807, 2.05) is 12.2 Å². The Morgan fingerprint density at radius 1 is 0.885 bits per heavy atom. The molecule has 0 spiro atoms. The van der Waals surface area contributed by atoms with Crippen molar-refractivity contribution in [1.29, 1.82) is 0 Å². The van der Waals surface area contributed by atoms with Crippen LogP contribution in [0.2, 0.25) is 0 Å². The van der Waals surface area contributed by atoms with Crippen LogP contribution in [-0.4, -0.2) is 27.3 Å². The van der Waals surface area contributed by atoms with Crippen molar-refractivity contribution in [3.8, 4) is 0 Å². The van der Waals surface area contributed by atoms with Crippen molar-refractivity contribution in [1.82, 2.24) is 0 Å². The van der Waals surface area contributed by atoms with Crippen molar-refractivity contribution in [3.05, 3.63) is 24.8 Å². The smallest absolute Gasteiger partial charge is 0.212 e. The molecule has 2 aliphatic carbocycles. The zero-order valence-electron chi connectivity index (χ0n) is 15.5. The summed E-state index contributed by atoms with van der Waals surface area (Å²) in [7, 11) is -7.22. The van der Waals surface area contributed by atoms with Gasteiger partial charge in [0.05, 0.1) is 10.5 Å². The first-order valence-corrected chi connectivity index (χ1v) is 12.6. The van der Waals surface area contributed by atoms with Gasteiger partial charge in [-0.25, -0.2) is 27.1 Å². The molecule has 8 heteroatoms. The average molecular weight is 405 g/mol. The predicted octanol–water partition coefficient (Wildman–Crippen LogP) is 2.29. The van der Waals surface area contributed by atoms with Crippen LogP contribution in [0.1, 0.15) is 51.9 Å². The monoisotopic (exact) mass is 404 g/mol. The normalized spacial score (nSPS) is 23.5. The van der Waals surface area contributed by atoms with Crippen molar-refractivity contribution in [2.75, 3.05) is 0 Å². The summed E-state index contributed by atoms with van der Waals surface area (Å²) in [6.45, 7) is 5.40. The van der Waals surface area contributed by atoms with Crippen LogP contribution in [0.15, 0.2) is 24.8 Å². The number of hydrogen-bond donors (Lipinski definition) is 2. The summed E-state index contributed by atoms with van der Waals surface area (Å²) in [6, 6.07) is 0. The molecule has 0 aromatic carbocycles. The average Bonchev–Trinajstić information content (AvgIpc) is 3.39. The maximum Gasteiger partial charge on any atom is 0.212 e. The van der Waals surface area contributed by atoms with Gasteiger partial charge in [-0.1, -0.05) is 18.2 Å². The third-order valence-electron chi connectivity index (χ3n) is 5.86. The molecule has 0 aromatic rings. The molecule has 2 fully saturated rings. The quantitative estimate of drug-likeness (QED) is 0.485. The maximum absolute atomic E-state index is 12.1.